The number of aliphatic hydroxyl groups excluding tert-OH is 1. The lowest BCUT2D eigenvalue weighted by atomic mass is 10.0. The molecule has 0 fully saturated rings. The van der Waals surface area contributed by atoms with Crippen LogP contribution >= 0.6 is 11.6 Å². The molecule has 4 aromatic rings. The highest BCUT2D eigenvalue weighted by atomic mass is 35.5. The fraction of sp³-hybridized carbons (Fsp3) is 0.217. The summed E-state index contributed by atoms with van der Waals surface area (Å²) in [4.78, 5) is 8.84. The van der Waals surface area contributed by atoms with E-state index in [0.29, 0.717) is 45.0 Å². The minimum absolute atomic E-state index is 0.294. The third-order valence-corrected chi connectivity index (χ3v) is 5.77. The van der Waals surface area contributed by atoms with E-state index in [1.54, 1.807) is 25.4 Å². The van der Waals surface area contributed by atoms with E-state index in [1.165, 1.54) is 12.1 Å². The number of hydrogen-bond acceptors (Lipinski definition) is 4. The number of rotatable bonds is 5. The van der Waals surface area contributed by atoms with E-state index in [-0.39, 0.29) is 5.82 Å². The molecule has 0 aliphatic heterocycles. The quantitative estimate of drug-likeness (QED) is 0.501. The van der Waals surface area contributed by atoms with Crippen molar-refractivity contribution in [2.45, 2.75) is 19.4 Å². The molecule has 0 saturated carbocycles. The second-order valence-corrected chi connectivity index (χ2v) is 7.56. The zero-order valence-electron chi connectivity index (χ0n) is 16.9. The molecule has 154 valence electrons. The summed E-state index contributed by atoms with van der Waals surface area (Å²) >= 11 is 6.77. The van der Waals surface area contributed by atoms with Gasteiger partial charge in [-0.1, -0.05) is 29.8 Å². The highest BCUT2D eigenvalue weighted by Crippen LogP contribution is 2.36. The number of ether oxygens (including phenoxy) is 1. The van der Waals surface area contributed by atoms with Gasteiger partial charge in [0.1, 0.15) is 17.7 Å². The summed E-state index contributed by atoms with van der Waals surface area (Å²) in [6.45, 7) is 1.88. The molecular formula is C23H21ClFN3O2. The first kappa shape index (κ1) is 20.3. The summed E-state index contributed by atoms with van der Waals surface area (Å²) in [7, 11) is 3.41. The van der Waals surface area contributed by atoms with Gasteiger partial charge in [-0.05, 0) is 42.3 Å². The molecule has 1 N–H and O–H groups in total. The molecule has 1 atom stereocenters. The number of nitrogens with zero attached hydrogens (tertiary/aromatic N) is 3. The molecule has 0 aliphatic rings. The zero-order valence-corrected chi connectivity index (χ0v) is 17.6. The van der Waals surface area contributed by atoms with Gasteiger partial charge < -0.3 is 14.4 Å². The predicted molar refractivity (Wildman–Crippen MR) is 115 cm³/mol. The van der Waals surface area contributed by atoms with E-state index in [4.69, 9.17) is 16.3 Å². The highest BCUT2D eigenvalue weighted by molar-refractivity contribution is 6.36. The monoisotopic (exact) mass is 425 g/mol. The third-order valence-electron chi connectivity index (χ3n) is 5.34. The molecule has 2 heterocycles. The molecule has 0 bridgehead atoms. The summed E-state index contributed by atoms with van der Waals surface area (Å²) in [6, 6.07) is 11.7. The van der Waals surface area contributed by atoms with Crippen LogP contribution in [0.2, 0.25) is 5.02 Å². The van der Waals surface area contributed by atoms with E-state index in [2.05, 4.69) is 9.97 Å². The van der Waals surface area contributed by atoms with Gasteiger partial charge in [-0.15, -0.1) is 0 Å². The Hall–Kier alpha value is -2.96. The highest BCUT2D eigenvalue weighted by Gasteiger charge is 2.19. The Bertz CT molecular complexity index is 1220. The standard InChI is InChI=1S/C23H21ClFN3O2/c1-13-26-12-20(28(13)2)22(29)15-6-9-19-17(11-15)21(24)18(23(27-19)30-3)10-14-4-7-16(25)8-5-14/h4-9,11-12,22,29H,10H2,1-3H3. The number of aryl methyl sites for hydroxylation is 1. The smallest absolute Gasteiger partial charge is 0.218 e. The summed E-state index contributed by atoms with van der Waals surface area (Å²) in [5.74, 6) is 0.945. The summed E-state index contributed by atoms with van der Waals surface area (Å²) in [6.07, 6.45) is 1.26. The van der Waals surface area contributed by atoms with Crippen molar-refractivity contribution < 1.29 is 14.2 Å². The Morgan fingerprint density at radius 1 is 1.20 bits per heavy atom. The van der Waals surface area contributed by atoms with Crippen LogP contribution in [0.1, 0.15) is 34.3 Å². The number of hydrogen-bond donors (Lipinski definition) is 1. The van der Waals surface area contributed by atoms with Crippen molar-refractivity contribution in [1.82, 2.24) is 14.5 Å². The van der Waals surface area contributed by atoms with Gasteiger partial charge in [0.25, 0.3) is 0 Å². The molecular weight excluding hydrogens is 405 g/mol. The first-order chi connectivity index (χ1) is 14.4. The topological polar surface area (TPSA) is 60.2 Å². The largest absolute Gasteiger partial charge is 0.481 e. The number of aliphatic hydroxyl groups is 1. The molecule has 0 saturated heterocycles. The summed E-state index contributed by atoms with van der Waals surface area (Å²) < 4.78 is 20.6. The lowest BCUT2D eigenvalue weighted by Gasteiger charge is -2.16. The van der Waals surface area contributed by atoms with Gasteiger partial charge in [-0.2, -0.15) is 0 Å². The maximum absolute atomic E-state index is 13.3. The van der Waals surface area contributed by atoms with E-state index in [1.807, 2.05) is 36.7 Å². The van der Waals surface area contributed by atoms with Crippen LogP contribution in [0.4, 0.5) is 4.39 Å². The van der Waals surface area contributed by atoms with Crippen molar-refractivity contribution >= 4 is 22.5 Å². The summed E-state index contributed by atoms with van der Waals surface area (Å²) in [5, 5.41) is 12.1. The van der Waals surface area contributed by atoms with E-state index >= 15 is 0 Å². The van der Waals surface area contributed by atoms with Crippen molar-refractivity contribution in [1.29, 1.82) is 0 Å². The van der Waals surface area contributed by atoms with Gasteiger partial charge in [-0.25, -0.2) is 14.4 Å². The molecule has 30 heavy (non-hydrogen) atoms. The van der Waals surface area contributed by atoms with Crippen LogP contribution < -0.4 is 4.74 Å². The number of aromatic nitrogens is 3. The molecule has 2 aromatic heterocycles. The molecule has 0 aliphatic carbocycles. The van der Waals surface area contributed by atoms with Crippen molar-refractivity contribution in [3.05, 3.63) is 87.7 Å². The molecule has 7 heteroatoms. The van der Waals surface area contributed by atoms with Gasteiger partial charge in [-0.3, -0.25) is 0 Å². The second-order valence-electron chi connectivity index (χ2n) is 7.19. The Kier molecular flexibility index (Phi) is 5.45. The Morgan fingerprint density at radius 3 is 2.57 bits per heavy atom. The predicted octanol–water partition coefficient (Wildman–Crippen LogP) is 4.75. The number of fused-ring (bicyclic) bond motifs is 1. The maximum atomic E-state index is 13.3. The van der Waals surface area contributed by atoms with Crippen LogP contribution in [0, 0.1) is 12.7 Å². The third kappa shape index (κ3) is 3.64. The normalized spacial score (nSPS) is 12.3. The number of methoxy groups -OCH3 is 1. The van der Waals surface area contributed by atoms with E-state index in [0.717, 1.165) is 11.4 Å². The van der Waals surface area contributed by atoms with Crippen molar-refractivity contribution in [3.63, 3.8) is 0 Å². The minimum atomic E-state index is -0.848. The lowest BCUT2D eigenvalue weighted by Crippen LogP contribution is -2.07. The van der Waals surface area contributed by atoms with Crippen LogP contribution in [0.5, 0.6) is 5.88 Å². The van der Waals surface area contributed by atoms with Gasteiger partial charge in [0, 0.05) is 24.4 Å². The van der Waals surface area contributed by atoms with Crippen molar-refractivity contribution in [2.75, 3.05) is 7.11 Å². The average Bonchev–Trinajstić information content (AvgIpc) is 3.09. The second kappa shape index (κ2) is 8.05. The van der Waals surface area contributed by atoms with Gasteiger partial charge in [0.15, 0.2) is 0 Å². The minimum Gasteiger partial charge on any atom is -0.481 e. The fourth-order valence-corrected chi connectivity index (χ4v) is 3.80. The van der Waals surface area contributed by atoms with Crippen molar-refractivity contribution in [3.8, 4) is 5.88 Å². The maximum Gasteiger partial charge on any atom is 0.218 e. The molecule has 0 radical (unpaired) electrons. The number of pyridine rings is 1. The van der Waals surface area contributed by atoms with Crippen LogP contribution in [0.15, 0.2) is 48.7 Å². The van der Waals surface area contributed by atoms with Crippen LogP contribution in [-0.2, 0) is 13.5 Å². The molecule has 0 spiro atoms. The molecule has 4 rings (SSSR count). The summed E-state index contributed by atoms with van der Waals surface area (Å²) in [5.41, 5.74) is 3.64. The zero-order chi connectivity index (χ0) is 21.4. The molecule has 5 nitrogen and oxygen atoms in total. The van der Waals surface area contributed by atoms with Gasteiger partial charge >= 0.3 is 0 Å². The van der Waals surface area contributed by atoms with Gasteiger partial charge in [0.05, 0.1) is 29.5 Å². The molecule has 0 amide bonds. The first-order valence-electron chi connectivity index (χ1n) is 9.45. The number of halogens is 2. The molecule has 2 aromatic carbocycles. The van der Waals surface area contributed by atoms with Crippen molar-refractivity contribution in [2.24, 2.45) is 7.05 Å². The first-order valence-corrected chi connectivity index (χ1v) is 9.83. The van der Waals surface area contributed by atoms with Crippen LogP contribution in [0.3, 0.4) is 0 Å². The van der Waals surface area contributed by atoms with Gasteiger partial charge in [0.2, 0.25) is 5.88 Å². The van der Waals surface area contributed by atoms with E-state index in [9.17, 15) is 9.50 Å². The number of benzene rings is 2. The molecule has 1 unspecified atom stereocenters. The SMILES string of the molecule is COc1nc2ccc(C(O)c3cnc(C)n3C)cc2c(Cl)c1Cc1ccc(F)cc1. The fourth-order valence-electron chi connectivity index (χ4n) is 3.50. The average molecular weight is 426 g/mol. The number of imidazole rings is 1. The van der Waals surface area contributed by atoms with Crippen LogP contribution in [0.25, 0.3) is 10.9 Å². The van der Waals surface area contributed by atoms with E-state index < -0.39 is 6.10 Å². The Morgan fingerprint density at radius 2 is 1.93 bits per heavy atom. The van der Waals surface area contributed by atoms with Crippen LogP contribution in [-0.4, -0.2) is 26.8 Å². The Balaban J connectivity index is 1.80. The lowest BCUT2D eigenvalue weighted by molar-refractivity contribution is 0.211. The Labute approximate surface area is 178 Å².